The zero-order chi connectivity index (χ0) is 20.2. The molecule has 1 aromatic rings. The number of benzene rings is 1. The van der Waals surface area contributed by atoms with Crippen LogP contribution < -0.4 is 15.5 Å². The van der Waals surface area contributed by atoms with Crippen molar-refractivity contribution in [2.24, 2.45) is 0 Å². The number of carbonyl (C=O) groups excluding carboxylic acids is 2. The summed E-state index contributed by atoms with van der Waals surface area (Å²) < 4.78 is 18.0. The van der Waals surface area contributed by atoms with Crippen LogP contribution in [0.2, 0.25) is 0 Å². The van der Waals surface area contributed by atoms with Gasteiger partial charge >= 0.3 is 6.09 Å². The number of hydrogen-bond donors (Lipinski definition) is 3. The van der Waals surface area contributed by atoms with E-state index >= 15 is 0 Å². The molecule has 7 nitrogen and oxygen atoms in total. The lowest BCUT2D eigenvalue weighted by molar-refractivity contribution is -0.117. The highest BCUT2D eigenvalue weighted by molar-refractivity contribution is 6.02. The number of carbonyl (C=O) groups is 2. The monoisotopic (exact) mass is 381 g/mol. The van der Waals surface area contributed by atoms with E-state index < -0.39 is 30.5 Å². The van der Waals surface area contributed by atoms with Gasteiger partial charge in [0.05, 0.1) is 18.6 Å². The molecule has 0 aliphatic carbocycles. The summed E-state index contributed by atoms with van der Waals surface area (Å²) in [5, 5.41) is 15.6. The third kappa shape index (κ3) is 5.82. The lowest BCUT2D eigenvalue weighted by Crippen LogP contribution is -2.39. The summed E-state index contributed by atoms with van der Waals surface area (Å²) in [5.41, 5.74) is 1.70. The standard InChI is InChI=1S/C19H28FN3O4/c1-12(9-20)23-16-6-5-14(7-13(16)8-17(23)25)21-10-15(24)11-22-18(26)27-19(2,3)4/h5-7,12,15,21,24H,8-11H2,1-4H3,(H,22,26). The molecule has 1 heterocycles. The summed E-state index contributed by atoms with van der Waals surface area (Å²) >= 11 is 0. The first kappa shape index (κ1) is 21.0. The number of halogens is 1. The number of ether oxygens (including phenoxy) is 1. The largest absolute Gasteiger partial charge is 0.444 e. The SMILES string of the molecule is CC(CF)N1C(=O)Cc2cc(NCC(O)CNC(=O)OC(C)(C)C)ccc21. The third-order valence-corrected chi connectivity index (χ3v) is 4.04. The molecule has 2 amide bonds. The van der Waals surface area contributed by atoms with Gasteiger partial charge < -0.3 is 25.4 Å². The van der Waals surface area contributed by atoms with Crippen molar-refractivity contribution in [3.05, 3.63) is 23.8 Å². The number of anilines is 2. The molecule has 0 spiro atoms. The molecular formula is C19H28FN3O4. The minimum Gasteiger partial charge on any atom is -0.444 e. The molecule has 150 valence electrons. The van der Waals surface area contributed by atoms with Crippen LogP contribution in [0.15, 0.2) is 18.2 Å². The smallest absolute Gasteiger partial charge is 0.407 e. The summed E-state index contributed by atoms with van der Waals surface area (Å²) in [7, 11) is 0. The Hall–Kier alpha value is -2.35. The summed E-state index contributed by atoms with van der Waals surface area (Å²) in [5.74, 6) is -0.117. The molecule has 1 aliphatic heterocycles. The van der Waals surface area contributed by atoms with E-state index in [1.54, 1.807) is 39.8 Å². The Bertz CT molecular complexity index is 690. The van der Waals surface area contributed by atoms with Gasteiger partial charge in [0.2, 0.25) is 5.91 Å². The van der Waals surface area contributed by atoms with Gasteiger partial charge in [-0.05, 0) is 51.5 Å². The lowest BCUT2D eigenvalue weighted by atomic mass is 10.1. The highest BCUT2D eigenvalue weighted by atomic mass is 19.1. The molecule has 1 aliphatic rings. The van der Waals surface area contributed by atoms with Crippen LogP contribution in [0, 0.1) is 0 Å². The Labute approximate surface area is 158 Å². The third-order valence-electron chi connectivity index (χ3n) is 4.04. The number of nitrogens with zero attached hydrogens (tertiary/aromatic N) is 1. The first-order valence-corrected chi connectivity index (χ1v) is 9.00. The average molecular weight is 381 g/mol. The zero-order valence-electron chi connectivity index (χ0n) is 16.2. The maximum atomic E-state index is 12.9. The van der Waals surface area contributed by atoms with Gasteiger partial charge in [-0.2, -0.15) is 0 Å². The number of aliphatic hydroxyl groups is 1. The average Bonchev–Trinajstić information content (AvgIpc) is 2.90. The molecule has 3 N–H and O–H groups in total. The molecule has 0 aromatic heterocycles. The van der Waals surface area contributed by atoms with Crippen LogP contribution in [-0.4, -0.2) is 54.6 Å². The Balaban J connectivity index is 1.86. The van der Waals surface area contributed by atoms with Gasteiger partial charge in [-0.1, -0.05) is 0 Å². The van der Waals surface area contributed by atoms with Crippen LogP contribution in [0.3, 0.4) is 0 Å². The predicted octanol–water partition coefficient (Wildman–Crippen LogP) is 2.23. The summed E-state index contributed by atoms with van der Waals surface area (Å²) in [4.78, 5) is 25.2. The van der Waals surface area contributed by atoms with Crippen LogP contribution in [0.5, 0.6) is 0 Å². The van der Waals surface area contributed by atoms with Crippen molar-refractivity contribution in [3.63, 3.8) is 0 Å². The van der Waals surface area contributed by atoms with Crippen molar-refractivity contribution in [2.75, 3.05) is 30.0 Å². The van der Waals surface area contributed by atoms with Gasteiger partial charge in [0, 0.05) is 24.5 Å². The lowest BCUT2D eigenvalue weighted by Gasteiger charge is -2.23. The van der Waals surface area contributed by atoms with E-state index in [0.717, 1.165) is 16.9 Å². The number of rotatable bonds is 7. The summed E-state index contributed by atoms with van der Waals surface area (Å²) in [6.07, 6.45) is -1.16. The number of nitrogens with one attached hydrogen (secondary N) is 2. The molecule has 0 saturated heterocycles. The zero-order valence-corrected chi connectivity index (χ0v) is 16.2. The predicted molar refractivity (Wildman–Crippen MR) is 102 cm³/mol. The van der Waals surface area contributed by atoms with E-state index in [2.05, 4.69) is 10.6 Å². The number of aliphatic hydroxyl groups excluding tert-OH is 1. The fourth-order valence-electron chi connectivity index (χ4n) is 2.83. The van der Waals surface area contributed by atoms with E-state index in [4.69, 9.17) is 4.74 Å². The van der Waals surface area contributed by atoms with Crippen LogP contribution in [0.25, 0.3) is 0 Å². The van der Waals surface area contributed by atoms with E-state index in [1.807, 2.05) is 6.07 Å². The second-order valence-corrected chi connectivity index (χ2v) is 7.70. The summed E-state index contributed by atoms with van der Waals surface area (Å²) in [6, 6.07) is 4.90. The van der Waals surface area contributed by atoms with Crippen LogP contribution in [0.4, 0.5) is 20.6 Å². The molecule has 0 bridgehead atoms. The Morgan fingerprint density at radius 2 is 2.07 bits per heavy atom. The Morgan fingerprint density at radius 3 is 2.70 bits per heavy atom. The van der Waals surface area contributed by atoms with Crippen LogP contribution in [0.1, 0.15) is 33.3 Å². The fourth-order valence-corrected chi connectivity index (χ4v) is 2.83. The number of alkyl halides is 1. The molecule has 0 fully saturated rings. The van der Waals surface area contributed by atoms with E-state index in [1.165, 1.54) is 4.90 Å². The second-order valence-electron chi connectivity index (χ2n) is 7.70. The minimum atomic E-state index is -0.810. The van der Waals surface area contributed by atoms with E-state index in [9.17, 15) is 19.1 Å². The van der Waals surface area contributed by atoms with E-state index in [-0.39, 0.29) is 25.4 Å². The van der Waals surface area contributed by atoms with Crippen LogP contribution in [-0.2, 0) is 16.0 Å². The van der Waals surface area contributed by atoms with Crippen LogP contribution >= 0.6 is 0 Å². The fraction of sp³-hybridized carbons (Fsp3) is 0.579. The first-order chi connectivity index (χ1) is 12.6. The number of amides is 2. The molecule has 2 unspecified atom stereocenters. The number of fused-ring (bicyclic) bond motifs is 1. The molecule has 8 heteroatoms. The summed E-state index contributed by atoms with van der Waals surface area (Å²) in [6.45, 7) is 6.63. The van der Waals surface area contributed by atoms with Crippen molar-refractivity contribution in [1.82, 2.24) is 5.32 Å². The Morgan fingerprint density at radius 1 is 1.37 bits per heavy atom. The minimum absolute atomic E-state index is 0.0487. The van der Waals surface area contributed by atoms with Crippen molar-refractivity contribution in [1.29, 1.82) is 0 Å². The highest BCUT2D eigenvalue weighted by Gasteiger charge is 2.31. The molecule has 27 heavy (non-hydrogen) atoms. The van der Waals surface area contributed by atoms with Crippen molar-refractivity contribution < 1.29 is 23.8 Å². The molecule has 0 saturated carbocycles. The quantitative estimate of drug-likeness (QED) is 0.674. The van der Waals surface area contributed by atoms with Crippen molar-refractivity contribution in [2.45, 2.75) is 51.9 Å². The van der Waals surface area contributed by atoms with Gasteiger partial charge in [-0.25, -0.2) is 9.18 Å². The first-order valence-electron chi connectivity index (χ1n) is 9.00. The Kier molecular flexibility index (Phi) is 6.64. The number of alkyl carbamates (subject to hydrolysis) is 1. The van der Waals surface area contributed by atoms with Crippen molar-refractivity contribution in [3.8, 4) is 0 Å². The highest BCUT2D eigenvalue weighted by Crippen LogP contribution is 2.32. The molecular weight excluding hydrogens is 353 g/mol. The second kappa shape index (κ2) is 8.56. The molecule has 2 rings (SSSR count). The van der Waals surface area contributed by atoms with Crippen molar-refractivity contribution >= 4 is 23.4 Å². The maximum absolute atomic E-state index is 12.9. The topological polar surface area (TPSA) is 90.9 Å². The maximum Gasteiger partial charge on any atom is 0.407 e. The number of hydrogen-bond acceptors (Lipinski definition) is 5. The molecule has 0 radical (unpaired) electrons. The van der Waals surface area contributed by atoms with Gasteiger partial charge in [0.25, 0.3) is 0 Å². The van der Waals surface area contributed by atoms with Gasteiger partial charge in [0.1, 0.15) is 12.3 Å². The molecule has 1 aromatic carbocycles. The normalized spacial score (nSPS) is 15.9. The van der Waals surface area contributed by atoms with Gasteiger partial charge in [-0.3, -0.25) is 4.79 Å². The van der Waals surface area contributed by atoms with E-state index in [0.29, 0.717) is 0 Å². The van der Waals surface area contributed by atoms with Gasteiger partial charge in [-0.15, -0.1) is 0 Å². The van der Waals surface area contributed by atoms with Gasteiger partial charge in [0.15, 0.2) is 0 Å². The molecule has 2 atom stereocenters.